The van der Waals surface area contributed by atoms with Gasteiger partial charge in [-0.2, -0.15) is 0 Å². The zero-order chi connectivity index (χ0) is 40.1. The fraction of sp³-hybridized carbons (Fsp3) is 0. The van der Waals surface area contributed by atoms with Crippen molar-refractivity contribution in [1.82, 2.24) is 0 Å². The molecule has 0 saturated carbocycles. The Bertz CT molecular complexity index is 2940. The highest BCUT2D eigenvalue weighted by Gasteiger charge is 2.19. The van der Waals surface area contributed by atoms with Crippen molar-refractivity contribution in [2.45, 2.75) is 0 Å². The molecule has 0 atom stereocenters. The van der Waals surface area contributed by atoms with E-state index in [2.05, 4.69) is 265 Å². The van der Waals surface area contributed by atoms with E-state index in [0.717, 1.165) is 39.7 Å². The van der Waals surface area contributed by atoms with Crippen LogP contribution in [0.3, 0.4) is 0 Å². The van der Waals surface area contributed by atoms with Crippen LogP contribution in [-0.4, -0.2) is 0 Å². The third-order valence-corrected chi connectivity index (χ3v) is 11.2. The van der Waals surface area contributed by atoms with Crippen molar-refractivity contribution in [3.05, 3.63) is 255 Å². The highest BCUT2D eigenvalue weighted by Crippen LogP contribution is 2.44. The van der Waals surface area contributed by atoms with Crippen LogP contribution in [-0.2, 0) is 0 Å². The van der Waals surface area contributed by atoms with Crippen molar-refractivity contribution in [3.8, 4) is 44.5 Å². The first-order valence-corrected chi connectivity index (χ1v) is 20.5. The van der Waals surface area contributed by atoms with Crippen LogP contribution in [0, 0.1) is 0 Å². The van der Waals surface area contributed by atoms with Crippen molar-refractivity contribution in [1.29, 1.82) is 0 Å². The Morgan fingerprint density at radius 1 is 0.200 bits per heavy atom. The average molecular weight is 767 g/mol. The molecule has 2 heteroatoms. The zero-order valence-corrected chi connectivity index (χ0v) is 33.1. The van der Waals surface area contributed by atoms with Crippen molar-refractivity contribution in [2.75, 3.05) is 9.80 Å². The Morgan fingerprint density at radius 2 is 0.600 bits per heavy atom. The predicted molar refractivity (Wildman–Crippen MR) is 255 cm³/mol. The molecule has 2 nitrogen and oxygen atoms in total. The first-order chi connectivity index (χ1) is 29.7. The minimum atomic E-state index is 1.09. The van der Waals surface area contributed by atoms with E-state index in [9.17, 15) is 0 Å². The van der Waals surface area contributed by atoms with Gasteiger partial charge in [-0.05, 0) is 134 Å². The van der Waals surface area contributed by atoms with E-state index >= 15 is 0 Å². The van der Waals surface area contributed by atoms with Gasteiger partial charge in [0.15, 0.2) is 0 Å². The van der Waals surface area contributed by atoms with Gasteiger partial charge in [0.1, 0.15) is 0 Å². The molecule has 0 radical (unpaired) electrons. The lowest BCUT2D eigenvalue weighted by Gasteiger charge is -2.28. The monoisotopic (exact) mass is 766 g/mol. The topological polar surface area (TPSA) is 6.48 Å². The number of benzene rings is 10. The van der Waals surface area contributed by atoms with Crippen molar-refractivity contribution < 1.29 is 0 Å². The van der Waals surface area contributed by atoms with Gasteiger partial charge in [0, 0.05) is 34.1 Å². The van der Waals surface area contributed by atoms with Crippen molar-refractivity contribution in [3.63, 3.8) is 0 Å². The van der Waals surface area contributed by atoms with Crippen LogP contribution in [0.25, 0.3) is 55.3 Å². The second kappa shape index (κ2) is 16.5. The van der Waals surface area contributed by atoms with Gasteiger partial charge < -0.3 is 9.80 Å². The van der Waals surface area contributed by atoms with Gasteiger partial charge >= 0.3 is 0 Å². The molecular weight excluding hydrogens is 725 g/mol. The summed E-state index contributed by atoms with van der Waals surface area (Å²) in [5.41, 5.74) is 16.0. The summed E-state index contributed by atoms with van der Waals surface area (Å²) in [6.45, 7) is 0. The van der Waals surface area contributed by atoms with Gasteiger partial charge in [-0.3, -0.25) is 0 Å². The van der Waals surface area contributed by atoms with E-state index in [-0.39, 0.29) is 0 Å². The number of hydrogen-bond acceptors (Lipinski definition) is 2. The molecule has 0 saturated heterocycles. The quantitative estimate of drug-likeness (QED) is 0.137. The van der Waals surface area contributed by atoms with Crippen LogP contribution in [0.1, 0.15) is 0 Å². The molecule has 0 aromatic heterocycles. The molecule has 60 heavy (non-hydrogen) atoms. The van der Waals surface area contributed by atoms with Crippen LogP contribution in [0.5, 0.6) is 0 Å². The summed E-state index contributed by atoms with van der Waals surface area (Å²) in [5.74, 6) is 0. The lowest BCUT2D eigenvalue weighted by Crippen LogP contribution is -2.11. The van der Waals surface area contributed by atoms with Gasteiger partial charge in [-0.15, -0.1) is 0 Å². The van der Waals surface area contributed by atoms with E-state index in [1.807, 2.05) is 0 Å². The fourth-order valence-corrected chi connectivity index (χ4v) is 8.29. The first-order valence-electron chi connectivity index (χ1n) is 20.5. The van der Waals surface area contributed by atoms with E-state index in [1.54, 1.807) is 0 Å². The second-order valence-electron chi connectivity index (χ2n) is 15.0. The molecule has 0 fully saturated rings. The smallest absolute Gasteiger partial charge is 0.0474 e. The second-order valence-corrected chi connectivity index (χ2v) is 15.0. The van der Waals surface area contributed by atoms with Gasteiger partial charge in [0.25, 0.3) is 0 Å². The molecule has 284 valence electrons. The Labute approximate surface area is 352 Å². The molecular formula is C58H42N2. The molecule has 0 N–H and O–H groups in total. The molecule has 0 spiro atoms. The number of rotatable bonds is 10. The molecule has 10 aromatic rings. The summed E-state index contributed by atoms with van der Waals surface area (Å²) in [6, 6.07) is 91.6. The molecule has 0 unspecified atom stereocenters. The fourth-order valence-electron chi connectivity index (χ4n) is 8.29. The number of nitrogens with zero attached hydrogens (tertiary/aromatic N) is 2. The van der Waals surface area contributed by atoms with Gasteiger partial charge in [0.2, 0.25) is 0 Å². The summed E-state index contributed by atoms with van der Waals surface area (Å²) in [5, 5.41) is 2.39. The molecule has 0 aliphatic rings. The Kier molecular flexibility index (Phi) is 10.0. The SMILES string of the molecule is c1ccc(-c2cccc(N(c3ccccc3)c3ccc(-c4cc(N(c5ccccc5)c5cc(-c6ccccc6)cc(-c6ccccc6)c5)cc5ccccc45)cc3)c2)cc1. The molecule has 10 rings (SSSR count). The molecule has 0 aliphatic carbocycles. The minimum Gasteiger partial charge on any atom is -0.310 e. The maximum absolute atomic E-state index is 2.40. The van der Waals surface area contributed by atoms with Crippen LogP contribution in [0.15, 0.2) is 255 Å². The number of hydrogen-bond donors (Lipinski definition) is 0. The van der Waals surface area contributed by atoms with E-state index in [4.69, 9.17) is 0 Å². The van der Waals surface area contributed by atoms with Crippen LogP contribution >= 0.6 is 0 Å². The zero-order valence-electron chi connectivity index (χ0n) is 33.1. The first kappa shape index (κ1) is 36.4. The molecule has 10 aromatic carbocycles. The van der Waals surface area contributed by atoms with Crippen LogP contribution in [0.2, 0.25) is 0 Å². The highest BCUT2D eigenvalue weighted by atomic mass is 15.1. The van der Waals surface area contributed by atoms with E-state index < -0.39 is 0 Å². The van der Waals surface area contributed by atoms with Crippen molar-refractivity contribution in [2.24, 2.45) is 0 Å². The maximum atomic E-state index is 2.40. The average Bonchev–Trinajstić information content (AvgIpc) is 3.33. The molecule has 0 aliphatic heterocycles. The summed E-state index contributed by atoms with van der Waals surface area (Å²) in [4.78, 5) is 4.74. The standard InChI is InChI=1S/C58H42N2/c1-6-19-43(20-7-1)47-26-18-31-54(38-47)59(51-27-12-4-13-28-51)53-35-33-46(34-36-53)58-42-56(39-48-25-16-17-32-57(48)58)60(52-29-14-5-15-30-52)55-40-49(44-21-8-2-9-22-44)37-50(41-55)45-23-10-3-11-24-45/h1-42H. The molecule has 0 bridgehead atoms. The summed E-state index contributed by atoms with van der Waals surface area (Å²) >= 11 is 0. The number of anilines is 6. The van der Waals surface area contributed by atoms with Gasteiger partial charge in [-0.1, -0.05) is 176 Å². The lowest BCUT2D eigenvalue weighted by molar-refractivity contribution is 1.28. The van der Waals surface area contributed by atoms with Gasteiger partial charge in [-0.25, -0.2) is 0 Å². The Balaban J connectivity index is 1.11. The van der Waals surface area contributed by atoms with E-state index in [1.165, 1.54) is 49.7 Å². The van der Waals surface area contributed by atoms with E-state index in [0.29, 0.717) is 0 Å². The largest absolute Gasteiger partial charge is 0.310 e. The summed E-state index contributed by atoms with van der Waals surface area (Å²) < 4.78 is 0. The van der Waals surface area contributed by atoms with Crippen LogP contribution < -0.4 is 9.80 Å². The minimum absolute atomic E-state index is 1.09. The molecule has 0 amide bonds. The highest BCUT2D eigenvalue weighted by molar-refractivity contribution is 6.01. The molecule has 0 heterocycles. The third kappa shape index (κ3) is 7.46. The lowest BCUT2D eigenvalue weighted by atomic mass is 9.95. The van der Waals surface area contributed by atoms with Crippen LogP contribution in [0.4, 0.5) is 34.1 Å². The normalized spacial score (nSPS) is 11.0. The number of fused-ring (bicyclic) bond motifs is 1. The number of para-hydroxylation sites is 2. The summed E-state index contributed by atoms with van der Waals surface area (Å²) in [6.07, 6.45) is 0. The van der Waals surface area contributed by atoms with Crippen molar-refractivity contribution >= 4 is 44.9 Å². The van der Waals surface area contributed by atoms with Gasteiger partial charge in [0.05, 0.1) is 0 Å². The third-order valence-electron chi connectivity index (χ3n) is 11.2. The summed E-state index contributed by atoms with van der Waals surface area (Å²) in [7, 11) is 0. The Morgan fingerprint density at radius 3 is 1.17 bits per heavy atom. The maximum Gasteiger partial charge on any atom is 0.0474 e. The predicted octanol–water partition coefficient (Wildman–Crippen LogP) is 16.4. The Hall–Kier alpha value is -7.94.